The highest BCUT2D eigenvalue weighted by Crippen LogP contribution is 2.24. The minimum absolute atomic E-state index is 0.104. The predicted octanol–water partition coefficient (Wildman–Crippen LogP) is 1.41. The molecule has 0 aromatic heterocycles. The standard InChI is InChI=1S/C14H23N5O2/c1-17(2)12-5-7-18(8-6-12)10-11-9-13(19(20)21)3-4-14(11)16-15/h3-4,9,12,16H,5-8,10,15H2,1-2H3. The summed E-state index contributed by atoms with van der Waals surface area (Å²) in [6.07, 6.45) is 2.24. The van der Waals surface area contributed by atoms with Gasteiger partial charge in [0.25, 0.3) is 5.69 Å². The average molecular weight is 293 g/mol. The second kappa shape index (κ2) is 6.84. The Balaban J connectivity index is 2.05. The Hall–Kier alpha value is -1.70. The van der Waals surface area contributed by atoms with Gasteiger partial charge in [0, 0.05) is 24.7 Å². The van der Waals surface area contributed by atoms with Gasteiger partial charge in [0.05, 0.1) is 10.6 Å². The molecular formula is C14H23N5O2. The van der Waals surface area contributed by atoms with Gasteiger partial charge in [-0.05, 0) is 51.7 Å². The molecule has 3 N–H and O–H groups in total. The molecule has 0 aliphatic carbocycles. The third-order valence-corrected chi connectivity index (χ3v) is 4.14. The Labute approximate surface area is 124 Å². The minimum Gasteiger partial charge on any atom is -0.324 e. The maximum Gasteiger partial charge on any atom is 0.269 e. The summed E-state index contributed by atoms with van der Waals surface area (Å²) in [4.78, 5) is 15.1. The fourth-order valence-corrected chi connectivity index (χ4v) is 2.80. The van der Waals surface area contributed by atoms with E-state index >= 15 is 0 Å². The number of nitrogens with one attached hydrogen (secondary N) is 1. The number of non-ortho nitro benzene ring substituents is 1. The van der Waals surface area contributed by atoms with Crippen molar-refractivity contribution in [1.82, 2.24) is 9.80 Å². The minimum atomic E-state index is -0.373. The molecule has 0 bridgehead atoms. The highest BCUT2D eigenvalue weighted by molar-refractivity contribution is 5.55. The first kappa shape index (κ1) is 15.7. The van der Waals surface area contributed by atoms with Crippen molar-refractivity contribution in [2.45, 2.75) is 25.4 Å². The van der Waals surface area contributed by atoms with Crippen LogP contribution in [0.2, 0.25) is 0 Å². The van der Waals surface area contributed by atoms with Gasteiger partial charge in [0.1, 0.15) is 0 Å². The first-order valence-electron chi connectivity index (χ1n) is 7.14. The van der Waals surface area contributed by atoms with E-state index in [4.69, 9.17) is 5.84 Å². The monoisotopic (exact) mass is 293 g/mol. The van der Waals surface area contributed by atoms with Gasteiger partial charge >= 0.3 is 0 Å². The topological polar surface area (TPSA) is 87.7 Å². The van der Waals surface area contributed by atoms with Crippen LogP contribution in [0.3, 0.4) is 0 Å². The van der Waals surface area contributed by atoms with E-state index in [0.717, 1.165) is 37.2 Å². The Bertz CT molecular complexity index is 498. The summed E-state index contributed by atoms with van der Waals surface area (Å²) in [5.74, 6) is 5.50. The summed E-state index contributed by atoms with van der Waals surface area (Å²) >= 11 is 0. The molecule has 0 spiro atoms. The van der Waals surface area contributed by atoms with Crippen LogP contribution in [0.5, 0.6) is 0 Å². The number of nitrogen functional groups attached to an aromatic ring is 1. The quantitative estimate of drug-likeness (QED) is 0.485. The third-order valence-electron chi connectivity index (χ3n) is 4.14. The number of nitro groups is 1. The molecule has 1 aliphatic rings. The maximum atomic E-state index is 10.9. The molecular weight excluding hydrogens is 270 g/mol. The molecule has 0 atom stereocenters. The second-order valence-electron chi connectivity index (χ2n) is 5.71. The van der Waals surface area contributed by atoms with Crippen molar-refractivity contribution < 1.29 is 4.92 Å². The molecule has 116 valence electrons. The van der Waals surface area contributed by atoms with E-state index in [1.54, 1.807) is 12.1 Å². The van der Waals surface area contributed by atoms with E-state index < -0.39 is 0 Å². The van der Waals surface area contributed by atoms with Gasteiger partial charge in [-0.15, -0.1) is 0 Å². The molecule has 1 aliphatic heterocycles. The fourth-order valence-electron chi connectivity index (χ4n) is 2.80. The summed E-state index contributed by atoms with van der Waals surface area (Å²) in [5.41, 5.74) is 4.34. The molecule has 7 nitrogen and oxygen atoms in total. The van der Waals surface area contributed by atoms with Crippen molar-refractivity contribution in [3.8, 4) is 0 Å². The summed E-state index contributed by atoms with van der Waals surface area (Å²) in [7, 11) is 4.22. The second-order valence-corrected chi connectivity index (χ2v) is 5.71. The van der Waals surface area contributed by atoms with Crippen molar-refractivity contribution in [3.05, 3.63) is 33.9 Å². The van der Waals surface area contributed by atoms with Gasteiger partial charge in [-0.2, -0.15) is 0 Å². The van der Waals surface area contributed by atoms with Crippen LogP contribution in [0.1, 0.15) is 18.4 Å². The molecule has 1 aromatic rings. The van der Waals surface area contributed by atoms with Crippen molar-refractivity contribution >= 4 is 11.4 Å². The maximum absolute atomic E-state index is 10.9. The lowest BCUT2D eigenvalue weighted by atomic mass is 10.0. The molecule has 1 saturated heterocycles. The average Bonchev–Trinajstić information content (AvgIpc) is 2.47. The zero-order valence-electron chi connectivity index (χ0n) is 12.6. The summed E-state index contributed by atoms with van der Waals surface area (Å²) in [5, 5.41) is 10.9. The van der Waals surface area contributed by atoms with Crippen LogP contribution in [0.4, 0.5) is 11.4 Å². The number of piperidine rings is 1. The molecule has 0 radical (unpaired) electrons. The summed E-state index contributed by atoms with van der Waals surface area (Å²) < 4.78 is 0. The molecule has 0 unspecified atom stereocenters. The van der Waals surface area contributed by atoms with Crippen LogP contribution in [0.25, 0.3) is 0 Å². The number of nitro benzene ring substituents is 1. The zero-order chi connectivity index (χ0) is 15.4. The lowest BCUT2D eigenvalue weighted by Crippen LogP contribution is -2.41. The van der Waals surface area contributed by atoms with Gasteiger partial charge in [-0.1, -0.05) is 0 Å². The lowest BCUT2D eigenvalue weighted by molar-refractivity contribution is -0.384. The molecule has 1 heterocycles. The number of rotatable bonds is 5. The van der Waals surface area contributed by atoms with Gasteiger partial charge in [-0.3, -0.25) is 20.9 Å². The largest absolute Gasteiger partial charge is 0.324 e. The summed E-state index contributed by atoms with van der Waals surface area (Å²) in [6.45, 7) is 2.67. The SMILES string of the molecule is CN(C)C1CCN(Cc2cc([N+](=O)[O-])ccc2NN)CC1. The third kappa shape index (κ3) is 3.90. The number of nitrogens with two attached hydrogens (primary N) is 1. The number of benzene rings is 1. The molecule has 1 fully saturated rings. The number of hydrazine groups is 1. The molecule has 0 amide bonds. The highest BCUT2D eigenvalue weighted by atomic mass is 16.6. The van der Waals surface area contributed by atoms with E-state index in [9.17, 15) is 10.1 Å². The van der Waals surface area contributed by atoms with E-state index in [1.165, 1.54) is 6.07 Å². The number of likely N-dealkylation sites (tertiary alicyclic amines) is 1. The molecule has 21 heavy (non-hydrogen) atoms. The van der Waals surface area contributed by atoms with Crippen LogP contribution in [-0.2, 0) is 6.54 Å². The molecule has 2 rings (SSSR count). The van der Waals surface area contributed by atoms with Crippen molar-refractivity contribution in [3.63, 3.8) is 0 Å². The first-order valence-corrected chi connectivity index (χ1v) is 7.14. The van der Waals surface area contributed by atoms with E-state index in [-0.39, 0.29) is 10.6 Å². The Morgan fingerprint density at radius 1 is 1.43 bits per heavy atom. The lowest BCUT2D eigenvalue weighted by Gasteiger charge is -2.35. The van der Waals surface area contributed by atoms with Gasteiger partial charge in [0.2, 0.25) is 0 Å². The molecule has 0 saturated carbocycles. The zero-order valence-corrected chi connectivity index (χ0v) is 12.6. The van der Waals surface area contributed by atoms with E-state index in [2.05, 4.69) is 29.3 Å². The molecule has 7 heteroatoms. The Morgan fingerprint density at radius 2 is 2.10 bits per heavy atom. The Morgan fingerprint density at radius 3 is 2.62 bits per heavy atom. The van der Waals surface area contributed by atoms with Crippen molar-refractivity contribution in [2.24, 2.45) is 5.84 Å². The highest BCUT2D eigenvalue weighted by Gasteiger charge is 2.21. The number of anilines is 1. The predicted molar refractivity (Wildman–Crippen MR) is 82.9 cm³/mol. The Kier molecular flexibility index (Phi) is 5.11. The number of nitrogens with zero attached hydrogens (tertiary/aromatic N) is 3. The van der Waals surface area contributed by atoms with Crippen LogP contribution in [-0.4, -0.2) is 47.9 Å². The van der Waals surface area contributed by atoms with Crippen molar-refractivity contribution in [2.75, 3.05) is 32.6 Å². The van der Waals surface area contributed by atoms with Crippen LogP contribution < -0.4 is 11.3 Å². The number of hydrogen-bond acceptors (Lipinski definition) is 6. The molecule has 1 aromatic carbocycles. The van der Waals surface area contributed by atoms with Crippen LogP contribution in [0.15, 0.2) is 18.2 Å². The number of hydrogen-bond donors (Lipinski definition) is 2. The normalized spacial score (nSPS) is 17.1. The van der Waals surface area contributed by atoms with Crippen LogP contribution in [0, 0.1) is 10.1 Å². The van der Waals surface area contributed by atoms with Crippen molar-refractivity contribution in [1.29, 1.82) is 0 Å². The first-order chi connectivity index (χ1) is 10.0. The van der Waals surface area contributed by atoms with Gasteiger partial charge < -0.3 is 10.3 Å². The van der Waals surface area contributed by atoms with E-state index in [1.807, 2.05) is 0 Å². The van der Waals surface area contributed by atoms with Gasteiger partial charge in [-0.25, -0.2) is 0 Å². The van der Waals surface area contributed by atoms with E-state index in [0.29, 0.717) is 12.6 Å². The van der Waals surface area contributed by atoms with Gasteiger partial charge in [0.15, 0.2) is 0 Å². The summed E-state index contributed by atoms with van der Waals surface area (Å²) in [6, 6.07) is 5.36. The smallest absolute Gasteiger partial charge is 0.269 e. The van der Waals surface area contributed by atoms with Crippen LogP contribution >= 0.6 is 0 Å². The fraction of sp³-hybridized carbons (Fsp3) is 0.571.